The molecule has 1 saturated heterocycles. The maximum Gasteiger partial charge on any atom is 0.0435 e. The lowest BCUT2D eigenvalue weighted by atomic mass is 9.99. The normalized spacial score (nSPS) is 37.8. The van der Waals surface area contributed by atoms with Gasteiger partial charge in [-0.3, -0.25) is 0 Å². The molecule has 2 aliphatic heterocycles. The molecular weight excluding hydrogens is 136 g/mol. The number of nitrogens with zero attached hydrogens (tertiary/aromatic N) is 1. The second-order valence-corrected chi connectivity index (χ2v) is 3.33. The van der Waals surface area contributed by atoms with Gasteiger partial charge in [0.1, 0.15) is 0 Å². The molecule has 2 heterocycles. The number of hydrogen-bond acceptors (Lipinski definition) is 1. The fourth-order valence-corrected chi connectivity index (χ4v) is 1.86. The molecule has 1 radical (unpaired) electrons. The topological polar surface area (TPSA) is 26.1 Å². The van der Waals surface area contributed by atoms with Crippen molar-refractivity contribution in [2.24, 2.45) is 0 Å². The van der Waals surface area contributed by atoms with Gasteiger partial charge in [0.15, 0.2) is 0 Å². The average molecular weight is 151 g/mol. The molecule has 2 rings (SSSR count). The molecule has 1 fully saturated rings. The molecule has 2 nitrogen and oxygen atoms in total. The first-order valence-corrected chi connectivity index (χ1v) is 4.53. The van der Waals surface area contributed by atoms with Crippen molar-refractivity contribution >= 4 is 0 Å². The molecular formula is C9H15N2. The van der Waals surface area contributed by atoms with Crippen molar-refractivity contribution in [3.05, 3.63) is 12.2 Å². The first kappa shape index (κ1) is 7.32. The maximum atomic E-state index is 4.60. The van der Waals surface area contributed by atoms with E-state index in [0.29, 0.717) is 12.1 Å². The number of hydrogen-bond donors (Lipinski definition) is 1. The van der Waals surface area contributed by atoms with E-state index in [-0.39, 0.29) is 0 Å². The van der Waals surface area contributed by atoms with Crippen LogP contribution in [0.5, 0.6) is 0 Å². The van der Waals surface area contributed by atoms with Crippen LogP contribution in [0.1, 0.15) is 19.3 Å². The van der Waals surface area contributed by atoms with E-state index in [4.69, 9.17) is 0 Å². The summed E-state index contributed by atoms with van der Waals surface area (Å²) in [4.78, 5) is 0. The summed E-state index contributed by atoms with van der Waals surface area (Å²) in [5, 5.41) is 8.02. The third kappa shape index (κ3) is 1.63. The maximum absolute atomic E-state index is 4.60. The van der Waals surface area contributed by atoms with Crippen LogP contribution in [-0.4, -0.2) is 25.2 Å². The predicted molar refractivity (Wildman–Crippen MR) is 45.6 cm³/mol. The Morgan fingerprint density at radius 1 is 1.36 bits per heavy atom. The molecule has 0 amide bonds. The third-order valence-electron chi connectivity index (χ3n) is 2.50. The molecule has 0 aromatic rings. The number of rotatable bonds is 1. The zero-order chi connectivity index (χ0) is 7.52. The van der Waals surface area contributed by atoms with Crippen LogP contribution in [0.25, 0.3) is 0 Å². The molecule has 0 spiro atoms. The van der Waals surface area contributed by atoms with Crippen LogP contribution in [0.4, 0.5) is 0 Å². The number of nitrogens with one attached hydrogen (secondary N) is 1. The highest BCUT2D eigenvalue weighted by atomic mass is 15.0. The summed E-state index contributed by atoms with van der Waals surface area (Å²) >= 11 is 0. The van der Waals surface area contributed by atoms with Gasteiger partial charge in [0, 0.05) is 25.2 Å². The average Bonchev–Trinajstić information content (AvgIpc) is 2.58. The van der Waals surface area contributed by atoms with E-state index in [1.807, 2.05) is 0 Å². The molecule has 0 saturated carbocycles. The fraction of sp³-hybridized carbons (Fsp3) is 0.778. The Kier molecular flexibility index (Phi) is 2.24. The minimum atomic E-state index is 0.551. The Labute approximate surface area is 68.1 Å². The Balaban J connectivity index is 1.87. The summed E-state index contributed by atoms with van der Waals surface area (Å²) < 4.78 is 0. The quantitative estimate of drug-likeness (QED) is 0.548. The van der Waals surface area contributed by atoms with Gasteiger partial charge in [0.25, 0.3) is 0 Å². The van der Waals surface area contributed by atoms with Gasteiger partial charge < -0.3 is 5.32 Å². The van der Waals surface area contributed by atoms with Crippen LogP contribution < -0.4 is 10.6 Å². The summed E-state index contributed by atoms with van der Waals surface area (Å²) in [5.74, 6) is 0. The lowest BCUT2D eigenvalue weighted by molar-refractivity contribution is 0.349. The molecule has 61 valence electrons. The summed E-state index contributed by atoms with van der Waals surface area (Å²) in [7, 11) is 0. The van der Waals surface area contributed by atoms with Gasteiger partial charge >= 0.3 is 0 Å². The van der Waals surface area contributed by atoms with Gasteiger partial charge in [-0.1, -0.05) is 18.6 Å². The van der Waals surface area contributed by atoms with Crippen molar-refractivity contribution in [3.8, 4) is 0 Å². The smallest absolute Gasteiger partial charge is 0.0435 e. The minimum Gasteiger partial charge on any atom is -0.306 e. The van der Waals surface area contributed by atoms with Crippen molar-refractivity contribution < 1.29 is 0 Å². The van der Waals surface area contributed by atoms with E-state index in [1.165, 1.54) is 19.3 Å². The van der Waals surface area contributed by atoms with E-state index in [2.05, 4.69) is 22.8 Å². The molecule has 11 heavy (non-hydrogen) atoms. The fourth-order valence-electron chi connectivity index (χ4n) is 1.86. The molecule has 0 bridgehead atoms. The lowest BCUT2D eigenvalue weighted by Crippen LogP contribution is -2.43. The van der Waals surface area contributed by atoms with Crippen LogP contribution in [-0.2, 0) is 0 Å². The van der Waals surface area contributed by atoms with Crippen molar-refractivity contribution in [1.82, 2.24) is 10.6 Å². The molecule has 0 aliphatic carbocycles. The first-order chi connectivity index (χ1) is 5.47. The monoisotopic (exact) mass is 151 g/mol. The van der Waals surface area contributed by atoms with Crippen LogP contribution >= 0.6 is 0 Å². The van der Waals surface area contributed by atoms with E-state index >= 15 is 0 Å². The number of piperidine rings is 1. The van der Waals surface area contributed by atoms with Crippen molar-refractivity contribution in [1.29, 1.82) is 0 Å². The molecule has 1 N–H and O–H groups in total. The standard InChI is InChI=1S/C9H15N2/c1-2-6-10-8(4-1)9-5-3-7-11-9/h3,5,8-9,11H,1-2,4,6-7H2. The van der Waals surface area contributed by atoms with Gasteiger partial charge in [-0.05, 0) is 12.8 Å². The highest BCUT2D eigenvalue weighted by Gasteiger charge is 2.23. The van der Waals surface area contributed by atoms with Gasteiger partial charge in [-0.15, -0.1) is 0 Å². The predicted octanol–water partition coefficient (Wildman–Crippen LogP) is 0.671. The molecule has 2 unspecified atom stereocenters. The molecule has 2 aliphatic rings. The zero-order valence-corrected chi connectivity index (χ0v) is 6.79. The molecule has 0 aromatic heterocycles. The lowest BCUT2D eigenvalue weighted by Gasteiger charge is -2.26. The second kappa shape index (κ2) is 3.37. The summed E-state index contributed by atoms with van der Waals surface area (Å²) in [6.45, 7) is 2.12. The minimum absolute atomic E-state index is 0.551. The second-order valence-electron chi connectivity index (χ2n) is 3.33. The van der Waals surface area contributed by atoms with Crippen LogP contribution in [0.3, 0.4) is 0 Å². The Hall–Kier alpha value is -0.340. The Morgan fingerprint density at radius 2 is 2.36 bits per heavy atom. The summed E-state index contributed by atoms with van der Waals surface area (Å²) in [6, 6.07) is 1.12. The Bertz CT molecular complexity index is 148. The summed E-state index contributed by atoms with van der Waals surface area (Å²) in [6.07, 6.45) is 8.41. The van der Waals surface area contributed by atoms with Gasteiger partial charge in [-0.25, -0.2) is 5.32 Å². The molecule has 2 heteroatoms. The zero-order valence-electron chi connectivity index (χ0n) is 6.79. The third-order valence-corrected chi connectivity index (χ3v) is 2.50. The largest absolute Gasteiger partial charge is 0.306 e. The van der Waals surface area contributed by atoms with Gasteiger partial charge in [-0.2, -0.15) is 0 Å². The van der Waals surface area contributed by atoms with E-state index in [9.17, 15) is 0 Å². The summed E-state index contributed by atoms with van der Waals surface area (Å²) in [5.41, 5.74) is 0. The van der Waals surface area contributed by atoms with Crippen LogP contribution in [0.15, 0.2) is 12.2 Å². The van der Waals surface area contributed by atoms with E-state index in [1.54, 1.807) is 0 Å². The highest BCUT2D eigenvalue weighted by Crippen LogP contribution is 2.14. The molecule has 2 atom stereocenters. The van der Waals surface area contributed by atoms with E-state index in [0.717, 1.165) is 13.1 Å². The van der Waals surface area contributed by atoms with Crippen molar-refractivity contribution in [2.75, 3.05) is 13.1 Å². The van der Waals surface area contributed by atoms with Gasteiger partial charge in [0.2, 0.25) is 0 Å². The van der Waals surface area contributed by atoms with Crippen molar-refractivity contribution in [3.63, 3.8) is 0 Å². The van der Waals surface area contributed by atoms with Gasteiger partial charge in [0.05, 0.1) is 0 Å². The van der Waals surface area contributed by atoms with Crippen LogP contribution in [0.2, 0.25) is 0 Å². The first-order valence-electron chi connectivity index (χ1n) is 4.53. The van der Waals surface area contributed by atoms with Crippen molar-refractivity contribution in [2.45, 2.75) is 31.3 Å². The highest BCUT2D eigenvalue weighted by molar-refractivity contribution is 5.07. The SMILES string of the molecule is C1=CC(C2CCCC[N]2)NC1. The van der Waals surface area contributed by atoms with E-state index < -0.39 is 0 Å². The Morgan fingerprint density at radius 3 is 3.00 bits per heavy atom. The van der Waals surface area contributed by atoms with Crippen LogP contribution in [0, 0.1) is 0 Å². The molecule has 0 aromatic carbocycles.